The van der Waals surface area contributed by atoms with Gasteiger partial charge in [-0.1, -0.05) is 39.3 Å². The smallest absolute Gasteiger partial charge is 0.338 e. The van der Waals surface area contributed by atoms with Crippen LogP contribution in [0.1, 0.15) is 62.9 Å². The van der Waals surface area contributed by atoms with E-state index in [9.17, 15) is 13.2 Å². The van der Waals surface area contributed by atoms with Crippen LogP contribution in [0.3, 0.4) is 0 Å². The van der Waals surface area contributed by atoms with Gasteiger partial charge in [-0.2, -0.15) is 0 Å². The lowest BCUT2D eigenvalue weighted by Gasteiger charge is -2.30. The maximum Gasteiger partial charge on any atom is 0.338 e. The highest BCUT2D eigenvalue weighted by atomic mass is 32.2. The first-order valence-electron chi connectivity index (χ1n) is 14.4. The Hall–Kier alpha value is -3.01. The summed E-state index contributed by atoms with van der Waals surface area (Å²) < 4.78 is 33.4. The first-order valence-corrected chi connectivity index (χ1v) is 15.9. The number of ether oxygens (including phenoxy) is 1. The van der Waals surface area contributed by atoms with E-state index in [4.69, 9.17) is 10.5 Å². The fourth-order valence-electron chi connectivity index (χ4n) is 5.28. The van der Waals surface area contributed by atoms with Gasteiger partial charge in [0.2, 0.25) is 9.84 Å². The molecule has 2 unspecified atom stereocenters. The normalized spacial score (nSPS) is 16.5. The minimum absolute atomic E-state index is 0.0419. The van der Waals surface area contributed by atoms with E-state index in [2.05, 4.69) is 28.6 Å². The minimum atomic E-state index is -3.90. The molecule has 1 aliphatic rings. The van der Waals surface area contributed by atoms with E-state index in [1.807, 2.05) is 19.1 Å². The van der Waals surface area contributed by atoms with Gasteiger partial charge in [0.25, 0.3) is 0 Å². The number of rotatable bonds is 10. The number of aryl methyl sites for hydroxylation is 1. The molecule has 1 fully saturated rings. The molecule has 2 N–H and O–H groups in total. The molecule has 0 saturated carbocycles. The molecule has 0 bridgehead atoms. The molecular formula is C31H42N4O4S. The lowest BCUT2D eigenvalue weighted by Crippen LogP contribution is -2.45. The number of carbonyl (C=O) groups excluding carboxylic acids is 1. The highest BCUT2D eigenvalue weighted by molar-refractivity contribution is 7.91. The number of benzene rings is 2. The average Bonchev–Trinajstić information content (AvgIpc) is 3.22. The monoisotopic (exact) mass is 566 g/mol. The Balaban J connectivity index is 1.81. The quantitative estimate of drug-likeness (QED) is 0.340. The number of aromatic nitrogens is 1. The lowest BCUT2D eigenvalue weighted by molar-refractivity contribution is 0.0526. The van der Waals surface area contributed by atoms with Gasteiger partial charge in [0.15, 0.2) is 0 Å². The number of nitrogens with zero attached hydrogens (tertiary/aromatic N) is 3. The van der Waals surface area contributed by atoms with Crippen molar-refractivity contribution in [2.45, 2.75) is 69.3 Å². The van der Waals surface area contributed by atoms with Gasteiger partial charge in [-0.05, 0) is 68.0 Å². The number of sulfone groups is 1. The zero-order chi connectivity index (χ0) is 28.9. The number of pyridine rings is 1. The zero-order valence-corrected chi connectivity index (χ0v) is 24.9. The number of carbonyl (C=O) groups is 1. The highest BCUT2D eigenvalue weighted by Gasteiger charge is 2.29. The molecule has 4 rings (SSSR count). The molecule has 9 heteroatoms. The van der Waals surface area contributed by atoms with E-state index >= 15 is 0 Å². The summed E-state index contributed by atoms with van der Waals surface area (Å²) in [6.07, 6.45) is 5.08. The predicted octanol–water partition coefficient (Wildman–Crippen LogP) is 5.04. The molecule has 3 aromatic rings. The van der Waals surface area contributed by atoms with Crippen LogP contribution in [-0.4, -0.2) is 63.2 Å². The van der Waals surface area contributed by atoms with E-state index in [-0.39, 0.29) is 22.6 Å². The SMILES string of the molecule is CCOC(=O)c1ccc2ncc(S(=O)(=O)c3ccc(CC)cc3)c(N3CCCN(C(N)CC(C)CC)CC3)c2c1. The van der Waals surface area contributed by atoms with Crippen LogP contribution in [0, 0.1) is 5.92 Å². The summed E-state index contributed by atoms with van der Waals surface area (Å²) in [5.74, 6) is 0.0902. The molecule has 1 aromatic heterocycles. The summed E-state index contributed by atoms with van der Waals surface area (Å²) in [7, 11) is -3.90. The van der Waals surface area contributed by atoms with Gasteiger partial charge in [0.05, 0.1) is 34.4 Å². The summed E-state index contributed by atoms with van der Waals surface area (Å²) in [5, 5.41) is 0.620. The Morgan fingerprint density at radius 2 is 1.80 bits per heavy atom. The Labute approximate surface area is 238 Å². The maximum absolute atomic E-state index is 14.1. The number of nitrogens with two attached hydrogens (primary N) is 1. The van der Waals surface area contributed by atoms with Gasteiger partial charge in [0, 0.05) is 37.8 Å². The molecule has 0 radical (unpaired) electrons. The van der Waals surface area contributed by atoms with Crippen molar-refractivity contribution in [1.29, 1.82) is 0 Å². The van der Waals surface area contributed by atoms with Crippen molar-refractivity contribution in [3.8, 4) is 0 Å². The van der Waals surface area contributed by atoms with Crippen molar-refractivity contribution in [3.63, 3.8) is 0 Å². The molecule has 8 nitrogen and oxygen atoms in total. The first-order chi connectivity index (χ1) is 19.2. The van der Waals surface area contributed by atoms with E-state index in [1.165, 1.54) is 6.20 Å². The van der Waals surface area contributed by atoms with Crippen molar-refractivity contribution < 1.29 is 17.9 Å². The largest absolute Gasteiger partial charge is 0.462 e. The van der Waals surface area contributed by atoms with Crippen LogP contribution < -0.4 is 10.6 Å². The van der Waals surface area contributed by atoms with Crippen molar-refractivity contribution >= 4 is 32.4 Å². The second-order valence-corrected chi connectivity index (χ2v) is 12.5. The lowest BCUT2D eigenvalue weighted by atomic mass is 10.0. The topological polar surface area (TPSA) is 106 Å². The van der Waals surface area contributed by atoms with Gasteiger partial charge in [0.1, 0.15) is 4.90 Å². The number of hydrogen-bond acceptors (Lipinski definition) is 8. The average molecular weight is 567 g/mol. The molecule has 0 aliphatic carbocycles. The highest BCUT2D eigenvalue weighted by Crippen LogP contribution is 2.37. The number of anilines is 1. The molecule has 0 amide bonds. The molecule has 1 aliphatic heterocycles. The number of hydrogen-bond donors (Lipinski definition) is 1. The third-order valence-electron chi connectivity index (χ3n) is 7.91. The van der Waals surface area contributed by atoms with Gasteiger partial charge in [-0.3, -0.25) is 9.88 Å². The third kappa shape index (κ3) is 6.48. The van der Waals surface area contributed by atoms with Gasteiger partial charge in [-0.25, -0.2) is 13.2 Å². The molecular weight excluding hydrogens is 524 g/mol. The van der Waals surface area contributed by atoms with Crippen LogP contribution in [0.15, 0.2) is 58.5 Å². The van der Waals surface area contributed by atoms with Crippen LogP contribution >= 0.6 is 0 Å². The van der Waals surface area contributed by atoms with Crippen LogP contribution in [-0.2, 0) is 21.0 Å². The Morgan fingerprint density at radius 1 is 1.05 bits per heavy atom. The molecule has 216 valence electrons. The van der Waals surface area contributed by atoms with E-state index in [0.29, 0.717) is 47.7 Å². The van der Waals surface area contributed by atoms with Gasteiger partial charge in [-0.15, -0.1) is 0 Å². The summed E-state index contributed by atoms with van der Waals surface area (Å²) in [6, 6.07) is 12.2. The van der Waals surface area contributed by atoms with E-state index in [1.54, 1.807) is 37.3 Å². The minimum Gasteiger partial charge on any atom is -0.462 e. The van der Waals surface area contributed by atoms with Crippen molar-refractivity contribution in [2.75, 3.05) is 37.7 Å². The van der Waals surface area contributed by atoms with E-state index < -0.39 is 15.8 Å². The van der Waals surface area contributed by atoms with Crippen LogP contribution in [0.2, 0.25) is 0 Å². The Morgan fingerprint density at radius 3 is 2.48 bits per heavy atom. The molecule has 2 atom stereocenters. The predicted molar refractivity (Wildman–Crippen MR) is 159 cm³/mol. The number of esters is 1. The zero-order valence-electron chi connectivity index (χ0n) is 24.1. The summed E-state index contributed by atoms with van der Waals surface area (Å²) in [6.45, 7) is 11.3. The third-order valence-corrected chi connectivity index (χ3v) is 9.68. The second kappa shape index (κ2) is 13.1. The summed E-state index contributed by atoms with van der Waals surface area (Å²) in [5.41, 5.74) is 9.23. The first kappa shape index (κ1) is 30.0. The Kier molecular flexibility index (Phi) is 9.81. The van der Waals surface area contributed by atoms with Gasteiger partial charge < -0.3 is 15.4 Å². The van der Waals surface area contributed by atoms with Crippen molar-refractivity contribution in [3.05, 3.63) is 59.8 Å². The van der Waals surface area contributed by atoms with Crippen molar-refractivity contribution in [2.24, 2.45) is 11.7 Å². The molecule has 2 heterocycles. The molecule has 0 spiro atoms. The fourth-order valence-corrected chi connectivity index (χ4v) is 6.71. The molecule has 2 aromatic carbocycles. The van der Waals surface area contributed by atoms with Crippen LogP contribution in [0.4, 0.5) is 5.69 Å². The summed E-state index contributed by atoms with van der Waals surface area (Å²) in [4.78, 5) is 22.0. The number of fused-ring (bicyclic) bond motifs is 1. The summed E-state index contributed by atoms with van der Waals surface area (Å²) >= 11 is 0. The molecule has 40 heavy (non-hydrogen) atoms. The second-order valence-electron chi connectivity index (χ2n) is 10.6. The standard InChI is InChI=1S/C31H42N4O4S/c1-5-22(4)19-29(32)34-15-8-16-35(18-17-34)30-26-20-24(31(36)39-7-3)11-14-27(26)33-21-28(30)40(37,38)25-12-9-23(6-2)10-13-25/h9-14,20-22,29H,5-8,15-19,32H2,1-4H3. The Bertz CT molecular complexity index is 1430. The maximum atomic E-state index is 14.1. The molecule has 1 saturated heterocycles. The van der Waals surface area contributed by atoms with Crippen LogP contribution in [0.25, 0.3) is 10.9 Å². The fraction of sp³-hybridized carbons (Fsp3) is 0.484. The van der Waals surface area contributed by atoms with E-state index in [0.717, 1.165) is 37.8 Å². The van der Waals surface area contributed by atoms with Gasteiger partial charge >= 0.3 is 5.97 Å². The van der Waals surface area contributed by atoms with Crippen molar-refractivity contribution in [1.82, 2.24) is 9.88 Å². The van der Waals surface area contributed by atoms with Crippen LogP contribution in [0.5, 0.6) is 0 Å².